The lowest BCUT2D eigenvalue weighted by Crippen LogP contribution is -2.51. The van der Waals surface area contributed by atoms with Crippen LogP contribution in [0.5, 0.6) is 0 Å². The van der Waals surface area contributed by atoms with Crippen LogP contribution < -0.4 is 11.1 Å². The van der Waals surface area contributed by atoms with Crippen LogP contribution >= 0.6 is 11.3 Å². The highest BCUT2D eigenvalue weighted by Crippen LogP contribution is 2.35. The molecule has 12 heteroatoms. The van der Waals surface area contributed by atoms with Gasteiger partial charge in [0.15, 0.2) is 5.79 Å². The number of fused-ring (bicyclic) bond motifs is 1. The number of amides is 3. The first-order valence-electron chi connectivity index (χ1n) is 13.7. The van der Waals surface area contributed by atoms with Crippen molar-refractivity contribution in [1.29, 1.82) is 5.41 Å². The molecule has 0 saturated carbocycles. The number of halogens is 1. The zero-order chi connectivity index (χ0) is 29.4. The number of amidine groups is 1. The standard InChI is InChI=1S/C30H30FN5O5S/c31-22-4-1-18(2-5-22)19-3-6-24-20(11-19)7-8-35(29(24)39)15-26(37)36-17-30(40-9-10-41-30)13-25(36)28(38)34-14-23-12-21(16-42-23)27(32)33/h1-6,11-12,16,25H,7-10,13-15,17H2,(H3,32,33)(H,34,38)/t25-/m0/s1. The highest BCUT2D eigenvalue weighted by atomic mass is 32.1. The second-order valence-electron chi connectivity index (χ2n) is 10.6. The van der Waals surface area contributed by atoms with Crippen LogP contribution in [0.15, 0.2) is 53.9 Å². The summed E-state index contributed by atoms with van der Waals surface area (Å²) in [6, 6.07) is 12.6. The van der Waals surface area contributed by atoms with E-state index < -0.39 is 11.8 Å². The largest absolute Gasteiger partial charge is 0.384 e. The van der Waals surface area contributed by atoms with Crippen LogP contribution in [0.4, 0.5) is 4.39 Å². The molecule has 6 rings (SSSR count). The summed E-state index contributed by atoms with van der Waals surface area (Å²) in [5.74, 6) is -2.36. The van der Waals surface area contributed by atoms with Gasteiger partial charge in [-0.3, -0.25) is 19.8 Å². The number of carbonyl (C=O) groups is 3. The first-order valence-corrected chi connectivity index (χ1v) is 14.5. The Morgan fingerprint density at radius 3 is 2.57 bits per heavy atom. The lowest BCUT2D eigenvalue weighted by molar-refractivity contribution is -0.152. The molecule has 1 atom stereocenters. The molecule has 218 valence electrons. The minimum Gasteiger partial charge on any atom is -0.384 e. The Hall–Kier alpha value is -4.13. The number of nitrogens with zero attached hydrogens (tertiary/aromatic N) is 2. The summed E-state index contributed by atoms with van der Waals surface area (Å²) in [6.07, 6.45) is 0.753. The van der Waals surface area contributed by atoms with E-state index in [9.17, 15) is 18.8 Å². The summed E-state index contributed by atoms with van der Waals surface area (Å²) in [5.41, 5.74) is 9.27. The fraction of sp³-hybridized carbons (Fsp3) is 0.333. The molecule has 2 fully saturated rings. The van der Waals surface area contributed by atoms with Crippen LogP contribution in [0.3, 0.4) is 0 Å². The van der Waals surface area contributed by atoms with E-state index in [4.69, 9.17) is 20.6 Å². The third-order valence-corrected chi connectivity index (χ3v) is 8.84. The molecular weight excluding hydrogens is 561 g/mol. The number of thiophene rings is 1. The number of hydrogen-bond donors (Lipinski definition) is 3. The van der Waals surface area contributed by atoms with Gasteiger partial charge in [-0.05, 0) is 47.4 Å². The predicted octanol–water partition coefficient (Wildman–Crippen LogP) is 2.50. The maximum Gasteiger partial charge on any atom is 0.254 e. The van der Waals surface area contributed by atoms with Gasteiger partial charge in [-0.2, -0.15) is 0 Å². The number of rotatable bonds is 7. The van der Waals surface area contributed by atoms with Crippen molar-refractivity contribution in [3.8, 4) is 11.1 Å². The highest BCUT2D eigenvalue weighted by Gasteiger charge is 2.52. The molecule has 42 heavy (non-hydrogen) atoms. The third-order valence-electron chi connectivity index (χ3n) is 7.91. The Labute approximate surface area is 245 Å². The van der Waals surface area contributed by atoms with Crippen molar-refractivity contribution < 1.29 is 28.2 Å². The molecule has 10 nitrogen and oxygen atoms in total. The first-order chi connectivity index (χ1) is 20.2. The van der Waals surface area contributed by atoms with Crippen LogP contribution in [0.1, 0.15) is 32.8 Å². The van der Waals surface area contributed by atoms with E-state index in [-0.39, 0.29) is 55.4 Å². The van der Waals surface area contributed by atoms with Gasteiger partial charge in [0.25, 0.3) is 5.91 Å². The summed E-state index contributed by atoms with van der Waals surface area (Å²) >= 11 is 1.38. The van der Waals surface area contributed by atoms with E-state index >= 15 is 0 Å². The Bertz CT molecular complexity index is 1550. The molecule has 3 amide bonds. The number of benzene rings is 2. The van der Waals surface area contributed by atoms with Crippen molar-refractivity contribution in [1.82, 2.24) is 15.1 Å². The van der Waals surface area contributed by atoms with Gasteiger partial charge in [0.05, 0.1) is 26.3 Å². The molecule has 1 aromatic heterocycles. The average molecular weight is 592 g/mol. The molecule has 2 saturated heterocycles. The fourth-order valence-electron chi connectivity index (χ4n) is 5.71. The molecule has 1 spiro atoms. The maximum atomic E-state index is 13.6. The second kappa shape index (κ2) is 11.3. The van der Waals surface area contributed by atoms with Gasteiger partial charge in [0.1, 0.15) is 24.2 Å². The predicted molar refractivity (Wildman–Crippen MR) is 153 cm³/mol. The molecule has 3 aliphatic heterocycles. The maximum absolute atomic E-state index is 13.6. The molecule has 3 aliphatic rings. The Balaban J connectivity index is 1.14. The summed E-state index contributed by atoms with van der Waals surface area (Å²) in [5, 5.41) is 12.2. The SMILES string of the molecule is N=C(N)c1csc(CNC(=O)[C@@H]2CC3(CN2C(=O)CN2CCc4cc(-c5ccc(F)cc5)ccc4C2=O)OCCO3)c1. The van der Waals surface area contributed by atoms with Gasteiger partial charge in [0, 0.05) is 34.3 Å². The zero-order valence-corrected chi connectivity index (χ0v) is 23.5. The molecule has 0 aliphatic carbocycles. The first kappa shape index (κ1) is 28.0. The normalized spacial score (nSPS) is 19.3. The average Bonchev–Trinajstić information content (AvgIpc) is 3.74. The number of ether oxygens (including phenoxy) is 2. The van der Waals surface area contributed by atoms with Gasteiger partial charge < -0.3 is 30.3 Å². The van der Waals surface area contributed by atoms with E-state index in [0.29, 0.717) is 37.3 Å². The Morgan fingerprint density at radius 2 is 1.86 bits per heavy atom. The molecule has 2 aromatic carbocycles. The number of hydrogen-bond acceptors (Lipinski definition) is 7. The molecule has 0 radical (unpaired) electrons. The Morgan fingerprint density at radius 1 is 1.12 bits per heavy atom. The van der Waals surface area contributed by atoms with Crippen molar-refractivity contribution in [3.63, 3.8) is 0 Å². The Kier molecular flexibility index (Phi) is 7.52. The van der Waals surface area contributed by atoms with Gasteiger partial charge >= 0.3 is 0 Å². The van der Waals surface area contributed by atoms with E-state index in [1.165, 1.54) is 33.3 Å². The number of nitrogen functional groups attached to an aromatic ring is 1. The topological polar surface area (TPSA) is 138 Å². The quantitative estimate of drug-likeness (QED) is 0.285. The van der Waals surface area contributed by atoms with Crippen LogP contribution in [0, 0.1) is 11.2 Å². The van der Waals surface area contributed by atoms with Gasteiger partial charge in [0.2, 0.25) is 11.8 Å². The molecule has 0 bridgehead atoms. The summed E-state index contributed by atoms with van der Waals surface area (Å²) in [4.78, 5) is 44.1. The van der Waals surface area contributed by atoms with Crippen LogP contribution in [0.25, 0.3) is 11.1 Å². The molecule has 4 N–H and O–H groups in total. The number of nitrogens with two attached hydrogens (primary N) is 1. The van der Waals surface area contributed by atoms with Crippen molar-refractivity contribution >= 4 is 34.9 Å². The van der Waals surface area contributed by atoms with Gasteiger partial charge in [-0.25, -0.2) is 4.39 Å². The number of carbonyl (C=O) groups excluding carboxylic acids is 3. The van der Waals surface area contributed by atoms with Crippen LogP contribution in [-0.2, 0) is 32.0 Å². The molecular formula is C30H30FN5O5S. The zero-order valence-electron chi connectivity index (χ0n) is 22.7. The second-order valence-corrected chi connectivity index (χ2v) is 11.6. The van der Waals surface area contributed by atoms with Crippen molar-refractivity contribution in [3.05, 3.63) is 81.3 Å². The van der Waals surface area contributed by atoms with Crippen LogP contribution in [0.2, 0.25) is 0 Å². The highest BCUT2D eigenvalue weighted by molar-refractivity contribution is 7.10. The summed E-state index contributed by atoms with van der Waals surface area (Å²) < 4.78 is 25.0. The minimum absolute atomic E-state index is 0.0444. The van der Waals surface area contributed by atoms with Crippen molar-refractivity contribution in [2.75, 3.05) is 32.8 Å². The van der Waals surface area contributed by atoms with Gasteiger partial charge in [-0.15, -0.1) is 11.3 Å². The van der Waals surface area contributed by atoms with E-state index in [0.717, 1.165) is 21.6 Å². The van der Waals surface area contributed by atoms with Crippen molar-refractivity contribution in [2.24, 2.45) is 5.73 Å². The lowest BCUT2D eigenvalue weighted by atomic mass is 9.94. The monoisotopic (exact) mass is 591 g/mol. The van der Waals surface area contributed by atoms with E-state index in [2.05, 4.69) is 5.32 Å². The third kappa shape index (κ3) is 5.52. The molecule has 4 heterocycles. The summed E-state index contributed by atoms with van der Waals surface area (Å²) in [6.45, 7) is 1.25. The lowest BCUT2D eigenvalue weighted by Gasteiger charge is -2.31. The fourth-order valence-corrected chi connectivity index (χ4v) is 6.54. The van der Waals surface area contributed by atoms with E-state index in [1.807, 2.05) is 12.1 Å². The van der Waals surface area contributed by atoms with Crippen LogP contribution in [-0.4, -0.2) is 78.0 Å². The molecule has 0 unspecified atom stereocenters. The number of nitrogens with one attached hydrogen (secondary N) is 2. The summed E-state index contributed by atoms with van der Waals surface area (Å²) in [7, 11) is 0. The molecule has 3 aromatic rings. The van der Waals surface area contributed by atoms with Gasteiger partial charge in [-0.1, -0.05) is 24.3 Å². The minimum atomic E-state index is -1.04. The number of likely N-dealkylation sites (tertiary alicyclic amines) is 1. The van der Waals surface area contributed by atoms with Crippen molar-refractivity contribution in [2.45, 2.75) is 31.2 Å². The van der Waals surface area contributed by atoms with E-state index in [1.54, 1.807) is 29.6 Å². The smallest absolute Gasteiger partial charge is 0.254 e.